The monoisotopic (exact) mass is 601 g/mol. The van der Waals surface area contributed by atoms with Crippen LogP contribution in [0.3, 0.4) is 0 Å². The van der Waals surface area contributed by atoms with Gasteiger partial charge in [-0.25, -0.2) is 14.5 Å². The Morgan fingerprint density at radius 3 is 2.49 bits per heavy atom. The third kappa shape index (κ3) is 7.22. The van der Waals surface area contributed by atoms with Gasteiger partial charge in [0.25, 0.3) is 0 Å². The van der Waals surface area contributed by atoms with Crippen molar-refractivity contribution in [2.75, 3.05) is 69.7 Å². The lowest BCUT2D eigenvalue weighted by Gasteiger charge is -2.34. The topological polar surface area (TPSA) is 134 Å². The van der Waals surface area contributed by atoms with Gasteiger partial charge in [0.05, 0.1) is 30.9 Å². The van der Waals surface area contributed by atoms with Crippen molar-refractivity contribution in [1.29, 1.82) is 0 Å². The minimum Gasteiger partial charge on any atom is -0.384 e. The molecule has 15 heteroatoms. The van der Waals surface area contributed by atoms with Crippen LogP contribution in [0.1, 0.15) is 25.0 Å². The number of morpholine rings is 1. The van der Waals surface area contributed by atoms with Crippen molar-refractivity contribution in [3.63, 3.8) is 0 Å². The number of rotatable bonds is 7. The van der Waals surface area contributed by atoms with Crippen LogP contribution >= 0.6 is 0 Å². The minimum absolute atomic E-state index is 0.0571. The summed E-state index contributed by atoms with van der Waals surface area (Å²) >= 11 is 0. The van der Waals surface area contributed by atoms with E-state index in [2.05, 4.69) is 25.3 Å². The van der Waals surface area contributed by atoms with Gasteiger partial charge in [-0.1, -0.05) is 5.57 Å². The molecule has 0 bridgehead atoms. The van der Waals surface area contributed by atoms with E-state index in [-0.39, 0.29) is 35.6 Å². The molecule has 2 aliphatic rings. The number of hydrogen-bond acceptors (Lipinski definition) is 9. The van der Waals surface area contributed by atoms with Crippen LogP contribution < -0.4 is 16.0 Å². The molecule has 2 fully saturated rings. The Balaban J connectivity index is 1.35. The van der Waals surface area contributed by atoms with Gasteiger partial charge in [0.15, 0.2) is 11.6 Å². The Labute approximate surface area is 246 Å². The number of piperazine rings is 1. The molecule has 5 rings (SSSR count). The van der Waals surface area contributed by atoms with E-state index in [0.717, 1.165) is 23.4 Å². The molecule has 0 unspecified atom stereocenters. The van der Waals surface area contributed by atoms with Crippen LogP contribution in [0.15, 0.2) is 36.2 Å². The van der Waals surface area contributed by atoms with E-state index in [1.54, 1.807) is 15.6 Å². The lowest BCUT2D eigenvalue weighted by Crippen LogP contribution is -2.50. The Morgan fingerprint density at radius 2 is 1.81 bits per heavy atom. The van der Waals surface area contributed by atoms with E-state index < -0.39 is 11.7 Å². The van der Waals surface area contributed by atoms with Gasteiger partial charge in [0.2, 0.25) is 11.8 Å². The smallest absolute Gasteiger partial charge is 0.384 e. The summed E-state index contributed by atoms with van der Waals surface area (Å²) in [5.74, 6) is -0.283. The number of hydrogen-bond donors (Lipinski definition) is 2. The first kappa shape index (κ1) is 30.2. The predicted octanol–water partition coefficient (Wildman–Crippen LogP) is 1.96. The Hall–Kier alpha value is -4.24. The van der Waals surface area contributed by atoms with Crippen molar-refractivity contribution in [3.8, 4) is 11.4 Å². The van der Waals surface area contributed by atoms with E-state index in [1.807, 2.05) is 24.8 Å². The molecule has 2 amide bonds. The van der Waals surface area contributed by atoms with E-state index in [9.17, 15) is 22.8 Å². The van der Waals surface area contributed by atoms with Crippen LogP contribution in [-0.2, 0) is 27.0 Å². The highest BCUT2D eigenvalue weighted by atomic mass is 19.4. The second-order valence-electron chi connectivity index (χ2n) is 10.8. The molecule has 12 nitrogen and oxygen atoms in total. The second kappa shape index (κ2) is 12.6. The highest BCUT2D eigenvalue weighted by Gasteiger charge is 2.35. The number of allylic oxidation sites excluding steroid dienone is 1. The molecule has 230 valence electrons. The summed E-state index contributed by atoms with van der Waals surface area (Å²) in [6, 6.07) is 2.73. The van der Waals surface area contributed by atoms with E-state index in [4.69, 9.17) is 10.5 Å². The minimum atomic E-state index is -4.67. The zero-order valence-electron chi connectivity index (χ0n) is 24.0. The molecule has 0 saturated carbocycles. The van der Waals surface area contributed by atoms with Crippen molar-refractivity contribution >= 4 is 29.0 Å². The van der Waals surface area contributed by atoms with Crippen LogP contribution in [0.5, 0.6) is 0 Å². The molecule has 2 aliphatic heterocycles. The molecule has 3 N–H and O–H groups in total. The summed E-state index contributed by atoms with van der Waals surface area (Å²) in [6.45, 7) is 8.39. The largest absolute Gasteiger partial charge is 0.417 e. The Kier molecular flexibility index (Phi) is 8.82. The third-order valence-corrected chi connectivity index (χ3v) is 7.25. The van der Waals surface area contributed by atoms with E-state index in [0.29, 0.717) is 70.4 Å². The molecule has 0 spiro atoms. The summed E-state index contributed by atoms with van der Waals surface area (Å²) in [6.07, 6.45) is -0.377. The van der Waals surface area contributed by atoms with Gasteiger partial charge in [-0.3, -0.25) is 14.5 Å². The molecule has 3 aromatic heterocycles. The van der Waals surface area contributed by atoms with Gasteiger partial charge in [-0.05, 0) is 31.5 Å². The highest BCUT2D eigenvalue weighted by Crippen LogP contribution is 2.37. The van der Waals surface area contributed by atoms with E-state index >= 15 is 0 Å². The normalized spacial score (nSPS) is 16.4. The standard InChI is InChI=1S/C28H34F3N9O3/c1-18(2)11-24(41)34-15-25(42)38-5-3-37(4-6-38)16-19-12-22-27(39-7-9-43-10-8-39)35-26(36-40(22)17-19)20-14-33-23(32)13-21(20)28(29,30)31/h11-14,17H,3-10,15-16H2,1-2H3,(H2,32,33)(H,34,41). The zero-order valence-corrected chi connectivity index (χ0v) is 24.0. The van der Waals surface area contributed by atoms with Crippen LogP contribution in [0, 0.1) is 0 Å². The lowest BCUT2D eigenvalue weighted by molar-refractivity contribution is -0.137. The molecule has 5 heterocycles. The SMILES string of the molecule is CC(C)=CC(=O)NCC(=O)N1CCN(Cc2cc3c(N4CCOCC4)nc(-c4cnc(N)cc4C(F)(F)F)nn3c2)CC1. The number of pyridine rings is 1. The van der Waals surface area contributed by atoms with Crippen LogP contribution in [0.4, 0.5) is 24.8 Å². The average molecular weight is 602 g/mol. The molecule has 0 aliphatic carbocycles. The summed E-state index contributed by atoms with van der Waals surface area (Å²) in [5, 5.41) is 7.08. The third-order valence-electron chi connectivity index (χ3n) is 7.25. The van der Waals surface area contributed by atoms with Gasteiger partial charge in [-0.15, -0.1) is 5.10 Å². The number of nitrogens with zero attached hydrogens (tertiary/aromatic N) is 7. The maximum Gasteiger partial charge on any atom is 0.417 e. The number of anilines is 2. The number of carbonyl (C=O) groups is 2. The number of alkyl halides is 3. The number of nitrogens with one attached hydrogen (secondary N) is 1. The number of nitrogen functional groups attached to an aromatic ring is 1. The molecule has 43 heavy (non-hydrogen) atoms. The van der Waals surface area contributed by atoms with Crippen LogP contribution in [-0.4, -0.2) is 100 Å². The fourth-order valence-corrected chi connectivity index (χ4v) is 5.13. The first-order valence-electron chi connectivity index (χ1n) is 14.0. The van der Waals surface area contributed by atoms with E-state index in [1.165, 1.54) is 6.08 Å². The second-order valence-corrected chi connectivity index (χ2v) is 10.8. The Bertz CT molecular complexity index is 1520. The summed E-state index contributed by atoms with van der Waals surface area (Å²) in [4.78, 5) is 38.8. The van der Waals surface area contributed by atoms with Crippen LogP contribution in [0.25, 0.3) is 16.9 Å². The fourth-order valence-electron chi connectivity index (χ4n) is 5.13. The molecule has 2 saturated heterocycles. The van der Waals surface area contributed by atoms with Crippen molar-refractivity contribution < 1.29 is 27.5 Å². The number of aromatic nitrogens is 4. The summed E-state index contributed by atoms with van der Waals surface area (Å²) < 4.78 is 48.8. The molecular formula is C28H34F3N9O3. The van der Waals surface area contributed by atoms with Gasteiger partial charge in [-0.2, -0.15) is 13.2 Å². The molecule has 3 aromatic rings. The average Bonchev–Trinajstić information content (AvgIpc) is 3.37. The van der Waals surface area contributed by atoms with Gasteiger partial charge in [0.1, 0.15) is 11.3 Å². The number of amides is 2. The van der Waals surface area contributed by atoms with Gasteiger partial charge >= 0.3 is 6.18 Å². The van der Waals surface area contributed by atoms with Crippen molar-refractivity contribution in [3.05, 3.63) is 47.3 Å². The predicted molar refractivity (Wildman–Crippen MR) is 153 cm³/mol. The summed E-state index contributed by atoms with van der Waals surface area (Å²) in [5.41, 5.74) is 6.78. The maximum atomic E-state index is 13.9. The lowest BCUT2D eigenvalue weighted by atomic mass is 10.1. The first-order chi connectivity index (χ1) is 20.5. The molecule has 0 radical (unpaired) electrons. The number of nitrogens with two attached hydrogens (primary N) is 1. The fraction of sp³-hybridized carbons (Fsp3) is 0.464. The van der Waals surface area contributed by atoms with Crippen molar-refractivity contribution in [2.24, 2.45) is 0 Å². The molecule has 0 atom stereocenters. The molecular weight excluding hydrogens is 567 g/mol. The quantitative estimate of drug-likeness (QED) is 0.390. The maximum absolute atomic E-state index is 13.9. The Morgan fingerprint density at radius 1 is 1.09 bits per heavy atom. The highest BCUT2D eigenvalue weighted by molar-refractivity contribution is 5.91. The number of carbonyl (C=O) groups excluding carboxylic acids is 2. The molecule has 0 aromatic carbocycles. The number of fused-ring (bicyclic) bond motifs is 1. The number of ether oxygens (including phenoxy) is 1. The zero-order chi connectivity index (χ0) is 30.7. The van der Waals surface area contributed by atoms with Crippen molar-refractivity contribution in [1.82, 2.24) is 34.7 Å². The first-order valence-corrected chi connectivity index (χ1v) is 14.0. The number of halogens is 3. The van der Waals surface area contributed by atoms with Gasteiger partial charge in [0, 0.05) is 64.3 Å². The van der Waals surface area contributed by atoms with Crippen LogP contribution in [0.2, 0.25) is 0 Å². The summed E-state index contributed by atoms with van der Waals surface area (Å²) in [7, 11) is 0. The van der Waals surface area contributed by atoms with Crippen molar-refractivity contribution in [2.45, 2.75) is 26.6 Å². The van der Waals surface area contributed by atoms with Gasteiger partial charge < -0.3 is 25.6 Å².